The fourth-order valence-corrected chi connectivity index (χ4v) is 1.88. The average Bonchev–Trinajstić information content (AvgIpc) is 2.89. The quantitative estimate of drug-likeness (QED) is 0.697. The predicted molar refractivity (Wildman–Crippen MR) is 76.6 cm³/mol. The fourth-order valence-electron chi connectivity index (χ4n) is 1.88. The molecule has 0 aliphatic carbocycles. The van der Waals surface area contributed by atoms with Crippen LogP contribution in [0.1, 0.15) is 22.4 Å². The van der Waals surface area contributed by atoms with Crippen molar-refractivity contribution in [3.8, 4) is 0 Å². The molecule has 106 valence electrons. The van der Waals surface area contributed by atoms with Gasteiger partial charge in [-0.1, -0.05) is 12.1 Å². The zero-order valence-corrected chi connectivity index (χ0v) is 11.4. The van der Waals surface area contributed by atoms with Crippen LogP contribution >= 0.6 is 0 Å². The third-order valence-electron chi connectivity index (χ3n) is 3.24. The van der Waals surface area contributed by atoms with Crippen LogP contribution in [-0.2, 0) is 0 Å². The first kappa shape index (κ1) is 13.0. The SMILES string of the molecule is Cc1ccc(/C(O)=C/c2nc3nonc3[nH]c2=O)cc1C. The molecule has 3 rings (SSSR count). The molecule has 0 radical (unpaired) electrons. The molecule has 0 unspecified atom stereocenters. The van der Waals surface area contributed by atoms with Gasteiger partial charge in [-0.2, -0.15) is 0 Å². The molecular weight excluding hydrogens is 272 g/mol. The second-order valence-electron chi connectivity index (χ2n) is 4.72. The van der Waals surface area contributed by atoms with E-state index in [1.54, 1.807) is 6.07 Å². The number of rotatable bonds is 2. The molecule has 0 amide bonds. The van der Waals surface area contributed by atoms with Crippen LogP contribution in [0.5, 0.6) is 0 Å². The molecule has 0 spiro atoms. The summed E-state index contributed by atoms with van der Waals surface area (Å²) in [5, 5.41) is 17.2. The molecule has 7 heteroatoms. The number of aromatic nitrogens is 4. The third-order valence-corrected chi connectivity index (χ3v) is 3.24. The zero-order chi connectivity index (χ0) is 15.0. The summed E-state index contributed by atoms with van der Waals surface area (Å²) in [7, 11) is 0. The van der Waals surface area contributed by atoms with Gasteiger partial charge in [0.2, 0.25) is 11.3 Å². The van der Waals surface area contributed by atoms with Crippen LogP contribution in [0.4, 0.5) is 0 Å². The Morgan fingerprint density at radius 3 is 2.86 bits per heavy atom. The van der Waals surface area contributed by atoms with E-state index in [0.717, 1.165) is 11.1 Å². The molecule has 7 nitrogen and oxygen atoms in total. The molecule has 0 aliphatic rings. The van der Waals surface area contributed by atoms with Gasteiger partial charge in [0.1, 0.15) is 11.5 Å². The Morgan fingerprint density at radius 2 is 2.10 bits per heavy atom. The molecule has 0 saturated carbocycles. The summed E-state index contributed by atoms with van der Waals surface area (Å²) in [5.41, 5.74) is 2.68. The van der Waals surface area contributed by atoms with Gasteiger partial charge < -0.3 is 5.11 Å². The second-order valence-corrected chi connectivity index (χ2v) is 4.72. The lowest BCUT2D eigenvalue weighted by atomic mass is 10.0. The van der Waals surface area contributed by atoms with Crippen molar-refractivity contribution in [1.29, 1.82) is 0 Å². The first-order valence-corrected chi connectivity index (χ1v) is 6.25. The van der Waals surface area contributed by atoms with Crippen LogP contribution in [0.3, 0.4) is 0 Å². The summed E-state index contributed by atoms with van der Waals surface area (Å²) in [4.78, 5) is 18.3. The highest BCUT2D eigenvalue weighted by Crippen LogP contribution is 2.17. The summed E-state index contributed by atoms with van der Waals surface area (Å²) in [5.74, 6) is -0.0492. The van der Waals surface area contributed by atoms with Crippen molar-refractivity contribution in [2.24, 2.45) is 0 Å². The first-order valence-electron chi connectivity index (χ1n) is 6.25. The maximum atomic E-state index is 11.8. The van der Waals surface area contributed by atoms with Crippen molar-refractivity contribution in [2.75, 3.05) is 0 Å². The molecule has 0 aliphatic heterocycles. The van der Waals surface area contributed by atoms with Gasteiger partial charge in [-0.3, -0.25) is 9.78 Å². The van der Waals surface area contributed by atoms with Crippen molar-refractivity contribution >= 4 is 23.1 Å². The van der Waals surface area contributed by atoms with E-state index in [0.29, 0.717) is 5.56 Å². The van der Waals surface area contributed by atoms with Crippen LogP contribution in [0.15, 0.2) is 27.6 Å². The number of nitrogens with one attached hydrogen (secondary N) is 1. The van der Waals surface area contributed by atoms with E-state index in [1.807, 2.05) is 26.0 Å². The minimum Gasteiger partial charge on any atom is -0.507 e. The molecule has 1 aromatic carbocycles. The number of fused-ring (bicyclic) bond motifs is 1. The Bertz CT molecular complexity index is 908. The molecule has 0 saturated heterocycles. The van der Waals surface area contributed by atoms with E-state index in [1.165, 1.54) is 6.08 Å². The van der Waals surface area contributed by atoms with Gasteiger partial charge in [0.25, 0.3) is 5.56 Å². The lowest BCUT2D eigenvalue weighted by molar-refractivity contribution is 0.314. The van der Waals surface area contributed by atoms with Crippen LogP contribution in [0.25, 0.3) is 23.1 Å². The van der Waals surface area contributed by atoms with Crippen molar-refractivity contribution in [3.05, 3.63) is 50.9 Å². The number of H-pyrrole nitrogens is 1. The lowest BCUT2D eigenvalue weighted by Crippen LogP contribution is -2.12. The molecule has 0 atom stereocenters. The zero-order valence-electron chi connectivity index (χ0n) is 11.4. The Morgan fingerprint density at radius 1 is 1.29 bits per heavy atom. The average molecular weight is 284 g/mol. The number of aliphatic hydroxyl groups excluding tert-OH is 1. The highest BCUT2D eigenvalue weighted by Gasteiger charge is 2.09. The number of aromatic amines is 1. The number of aliphatic hydroxyl groups is 1. The smallest absolute Gasteiger partial charge is 0.275 e. The maximum absolute atomic E-state index is 11.8. The number of nitrogens with zero attached hydrogens (tertiary/aromatic N) is 3. The lowest BCUT2D eigenvalue weighted by Gasteiger charge is -2.04. The van der Waals surface area contributed by atoms with Crippen molar-refractivity contribution in [3.63, 3.8) is 0 Å². The van der Waals surface area contributed by atoms with E-state index in [4.69, 9.17) is 0 Å². The number of aryl methyl sites for hydroxylation is 2. The maximum Gasteiger partial charge on any atom is 0.275 e. The van der Waals surface area contributed by atoms with Gasteiger partial charge in [0.05, 0.1) is 0 Å². The Labute approximate surface area is 118 Å². The molecule has 21 heavy (non-hydrogen) atoms. The van der Waals surface area contributed by atoms with Crippen molar-refractivity contribution in [1.82, 2.24) is 20.3 Å². The van der Waals surface area contributed by atoms with Gasteiger partial charge in [0.15, 0.2) is 0 Å². The molecule has 3 aromatic rings. The van der Waals surface area contributed by atoms with Gasteiger partial charge in [-0.05, 0) is 41.4 Å². The number of hydrogen-bond acceptors (Lipinski definition) is 6. The summed E-state index contributed by atoms with van der Waals surface area (Å²) < 4.78 is 4.48. The highest BCUT2D eigenvalue weighted by atomic mass is 16.6. The Balaban J connectivity index is 2.07. The monoisotopic (exact) mass is 284 g/mol. The van der Waals surface area contributed by atoms with Crippen molar-refractivity contribution in [2.45, 2.75) is 13.8 Å². The highest BCUT2D eigenvalue weighted by molar-refractivity contribution is 5.76. The molecule has 2 aromatic heterocycles. The van der Waals surface area contributed by atoms with Gasteiger partial charge in [-0.25, -0.2) is 9.61 Å². The molecule has 2 N–H and O–H groups in total. The van der Waals surface area contributed by atoms with Gasteiger partial charge >= 0.3 is 0 Å². The Kier molecular flexibility index (Phi) is 3.02. The van der Waals surface area contributed by atoms with E-state index in [-0.39, 0.29) is 22.7 Å². The normalized spacial score (nSPS) is 12.0. The van der Waals surface area contributed by atoms with Crippen LogP contribution in [-0.4, -0.2) is 25.4 Å². The molecule has 0 fully saturated rings. The number of hydrogen-bond donors (Lipinski definition) is 2. The summed E-state index contributed by atoms with van der Waals surface area (Å²) in [6, 6.07) is 5.52. The number of benzene rings is 1. The molecule has 0 bridgehead atoms. The van der Waals surface area contributed by atoms with Crippen LogP contribution < -0.4 is 5.56 Å². The predicted octanol–water partition coefficient (Wildman–Crippen LogP) is 1.98. The van der Waals surface area contributed by atoms with E-state index in [2.05, 4.69) is 24.9 Å². The fraction of sp³-hybridized carbons (Fsp3) is 0.143. The summed E-state index contributed by atoms with van der Waals surface area (Å²) >= 11 is 0. The standard InChI is InChI=1S/C14H12N4O3/c1-7-3-4-9(5-8(7)2)11(19)6-10-14(20)16-13-12(15-10)17-21-18-13/h3-6,19H,1-2H3,(H,16,18,20)/b11-6-. The van der Waals surface area contributed by atoms with Crippen LogP contribution in [0, 0.1) is 13.8 Å². The largest absolute Gasteiger partial charge is 0.507 e. The minimum absolute atomic E-state index is 0.0360. The van der Waals surface area contributed by atoms with Gasteiger partial charge in [0, 0.05) is 11.6 Å². The summed E-state index contributed by atoms with van der Waals surface area (Å²) in [6.45, 7) is 3.93. The third kappa shape index (κ3) is 2.40. The molecular formula is C14H12N4O3. The van der Waals surface area contributed by atoms with Crippen molar-refractivity contribution < 1.29 is 9.74 Å². The van der Waals surface area contributed by atoms with Crippen LogP contribution in [0.2, 0.25) is 0 Å². The topological polar surface area (TPSA) is 105 Å². The minimum atomic E-state index is -0.478. The Hall–Kier alpha value is -2.96. The first-order chi connectivity index (χ1) is 10.0. The van der Waals surface area contributed by atoms with E-state index < -0.39 is 5.56 Å². The van der Waals surface area contributed by atoms with E-state index in [9.17, 15) is 9.90 Å². The molecule has 2 heterocycles. The van der Waals surface area contributed by atoms with E-state index >= 15 is 0 Å². The second kappa shape index (κ2) is 4.86. The van der Waals surface area contributed by atoms with Gasteiger partial charge in [-0.15, -0.1) is 0 Å². The summed E-state index contributed by atoms with van der Waals surface area (Å²) in [6.07, 6.45) is 1.29.